The molecular formula is C12H16FN3O2. The Bertz CT molecular complexity index is 424. The summed E-state index contributed by atoms with van der Waals surface area (Å²) >= 11 is 0. The molecule has 0 saturated heterocycles. The van der Waals surface area contributed by atoms with Crippen LogP contribution in [0.5, 0.6) is 0 Å². The molecule has 1 rings (SSSR count). The molecule has 2 N–H and O–H groups in total. The molecule has 0 fully saturated rings. The highest BCUT2D eigenvalue weighted by Gasteiger charge is 2.10. The molecule has 0 atom stereocenters. The summed E-state index contributed by atoms with van der Waals surface area (Å²) in [5, 5.41) is 5.16. The minimum absolute atomic E-state index is 0.0704. The zero-order chi connectivity index (χ0) is 13.4. The normalized spacial score (nSPS) is 9.89. The van der Waals surface area contributed by atoms with E-state index in [0.717, 1.165) is 12.6 Å². The molecule has 0 aromatic carbocycles. The first-order valence-electron chi connectivity index (χ1n) is 5.79. The number of nitrogens with zero attached hydrogens (tertiary/aromatic N) is 1. The number of rotatable bonds is 6. The second-order valence-corrected chi connectivity index (χ2v) is 3.71. The minimum atomic E-state index is -0.676. The maximum absolute atomic E-state index is 13.2. The molecule has 6 heteroatoms. The SMILES string of the molecule is CCCNC(=O)CCNC(=O)c1ccncc1F. The van der Waals surface area contributed by atoms with Gasteiger partial charge in [-0.25, -0.2) is 4.39 Å². The molecule has 98 valence electrons. The van der Waals surface area contributed by atoms with Crippen molar-refractivity contribution in [1.82, 2.24) is 15.6 Å². The topological polar surface area (TPSA) is 71.1 Å². The quantitative estimate of drug-likeness (QED) is 0.790. The molecular weight excluding hydrogens is 237 g/mol. The fourth-order valence-corrected chi connectivity index (χ4v) is 1.30. The van der Waals surface area contributed by atoms with E-state index in [0.29, 0.717) is 6.54 Å². The minimum Gasteiger partial charge on any atom is -0.356 e. The zero-order valence-electron chi connectivity index (χ0n) is 10.2. The van der Waals surface area contributed by atoms with E-state index in [1.807, 2.05) is 6.92 Å². The van der Waals surface area contributed by atoms with E-state index in [2.05, 4.69) is 15.6 Å². The van der Waals surface area contributed by atoms with Crippen molar-refractivity contribution in [3.63, 3.8) is 0 Å². The number of nitrogens with one attached hydrogen (secondary N) is 2. The van der Waals surface area contributed by atoms with Gasteiger partial charge in [0, 0.05) is 25.7 Å². The van der Waals surface area contributed by atoms with Crippen LogP contribution < -0.4 is 10.6 Å². The van der Waals surface area contributed by atoms with Gasteiger partial charge in [-0.05, 0) is 12.5 Å². The van der Waals surface area contributed by atoms with Crippen molar-refractivity contribution < 1.29 is 14.0 Å². The first kappa shape index (κ1) is 14.1. The highest BCUT2D eigenvalue weighted by atomic mass is 19.1. The van der Waals surface area contributed by atoms with Gasteiger partial charge in [0.1, 0.15) is 0 Å². The van der Waals surface area contributed by atoms with Gasteiger partial charge in [0.25, 0.3) is 5.91 Å². The molecule has 18 heavy (non-hydrogen) atoms. The molecule has 0 radical (unpaired) electrons. The van der Waals surface area contributed by atoms with Crippen LogP contribution in [0.15, 0.2) is 18.5 Å². The second-order valence-electron chi connectivity index (χ2n) is 3.71. The number of aromatic nitrogens is 1. The van der Waals surface area contributed by atoms with Crippen molar-refractivity contribution in [3.8, 4) is 0 Å². The van der Waals surface area contributed by atoms with Gasteiger partial charge in [0.05, 0.1) is 11.8 Å². The smallest absolute Gasteiger partial charge is 0.254 e. The predicted octanol–water partition coefficient (Wildman–Crippen LogP) is 0.867. The number of carbonyl (C=O) groups excluding carboxylic acids is 2. The maximum Gasteiger partial charge on any atom is 0.254 e. The summed E-state index contributed by atoms with van der Waals surface area (Å²) in [5.74, 6) is -1.35. The molecule has 0 unspecified atom stereocenters. The van der Waals surface area contributed by atoms with Crippen LogP contribution in [-0.4, -0.2) is 29.9 Å². The fraction of sp³-hybridized carbons (Fsp3) is 0.417. The van der Waals surface area contributed by atoms with Gasteiger partial charge >= 0.3 is 0 Å². The van der Waals surface area contributed by atoms with Crippen LogP contribution in [0, 0.1) is 5.82 Å². The molecule has 1 aromatic heterocycles. The van der Waals surface area contributed by atoms with Crippen LogP contribution in [0.25, 0.3) is 0 Å². The second kappa shape index (κ2) is 7.37. The largest absolute Gasteiger partial charge is 0.356 e. The third-order valence-corrected chi connectivity index (χ3v) is 2.23. The molecule has 1 heterocycles. The summed E-state index contributed by atoms with van der Waals surface area (Å²) in [6, 6.07) is 1.29. The van der Waals surface area contributed by atoms with Gasteiger partial charge in [0.2, 0.25) is 5.91 Å². The Morgan fingerprint density at radius 3 is 2.78 bits per heavy atom. The lowest BCUT2D eigenvalue weighted by molar-refractivity contribution is -0.120. The highest BCUT2D eigenvalue weighted by molar-refractivity contribution is 5.94. The third kappa shape index (κ3) is 4.48. The van der Waals surface area contributed by atoms with Gasteiger partial charge < -0.3 is 10.6 Å². The lowest BCUT2D eigenvalue weighted by Crippen LogP contribution is -2.31. The summed E-state index contributed by atoms with van der Waals surface area (Å²) in [7, 11) is 0. The van der Waals surface area contributed by atoms with Crippen molar-refractivity contribution >= 4 is 11.8 Å². The van der Waals surface area contributed by atoms with E-state index in [4.69, 9.17) is 0 Å². The molecule has 0 bridgehead atoms. The third-order valence-electron chi connectivity index (χ3n) is 2.23. The lowest BCUT2D eigenvalue weighted by Gasteiger charge is -2.06. The van der Waals surface area contributed by atoms with Crippen molar-refractivity contribution in [2.45, 2.75) is 19.8 Å². The van der Waals surface area contributed by atoms with Gasteiger partial charge in [-0.2, -0.15) is 0 Å². The van der Waals surface area contributed by atoms with Gasteiger partial charge in [-0.3, -0.25) is 14.6 Å². The zero-order valence-corrected chi connectivity index (χ0v) is 10.2. The lowest BCUT2D eigenvalue weighted by atomic mass is 10.2. The Morgan fingerprint density at radius 2 is 2.11 bits per heavy atom. The van der Waals surface area contributed by atoms with Crippen molar-refractivity contribution in [3.05, 3.63) is 29.8 Å². The van der Waals surface area contributed by atoms with Crippen LogP contribution >= 0.6 is 0 Å². The molecule has 0 aliphatic rings. The van der Waals surface area contributed by atoms with E-state index >= 15 is 0 Å². The predicted molar refractivity (Wildman–Crippen MR) is 64.4 cm³/mol. The number of amides is 2. The first-order chi connectivity index (χ1) is 8.65. The van der Waals surface area contributed by atoms with E-state index in [-0.39, 0.29) is 24.4 Å². The Balaban J connectivity index is 2.34. The van der Waals surface area contributed by atoms with Crippen molar-refractivity contribution in [2.24, 2.45) is 0 Å². The molecule has 0 aliphatic carbocycles. The molecule has 0 aliphatic heterocycles. The van der Waals surface area contributed by atoms with Gasteiger partial charge in [0.15, 0.2) is 5.82 Å². The summed E-state index contributed by atoms with van der Waals surface area (Å²) in [6.45, 7) is 2.75. The van der Waals surface area contributed by atoms with Crippen molar-refractivity contribution in [1.29, 1.82) is 0 Å². The average Bonchev–Trinajstić information content (AvgIpc) is 2.36. The molecule has 0 saturated carbocycles. The van der Waals surface area contributed by atoms with Crippen LogP contribution in [-0.2, 0) is 4.79 Å². The van der Waals surface area contributed by atoms with E-state index < -0.39 is 11.7 Å². The number of pyridine rings is 1. The maximum atomic E-state index is 13.2. The number of hydrogen-bond acceptors (Lipinski definition) is 3. The summed E-state index contributed by atoms with van der Waals surface area (Å²) in [5.41, 5.74) is -0.0704. The number of carbonyl (C=O) groups is 2. The van der Waals surface area contributed by atoms with Crippen LogP contribution in [0.2, 0.25) is 0 Å². The van der Waals surface area contributed by atoms with Crippen LogP contribution in [0.3, 0.4) is 0 Å². The Hall–Kier alpha value is -1.98. The highest BCUT2D eigenvalue weighted by Crippen LogP contribution is 2.03. The Kier molecular flexibility index (Phi) is 5.76. The van der Waals surface area contributed by atoms with Crippen LogP contribution in [0.4, 0.5) is 4.39 Å². The number of halogens is 1. The van der Waals surface area contributed by atoms with Crippen LogP contribution in [0.1, 0.15) is 30.1 Å². The van der Waals surface area contributed by atoms with E-state index in [9.17, 15) is 14.0 Å². The molecule has 0 spiro atoms. The monoisotopic (exact) mass is 253 g/mol. The molecule has 2 amide bonds. The van der Waals surface area contributed by atoms with E-state index in [1.54, 1.807) is 0 Å². The van der Waals surface area contributed by atoms with E-state index in [1.165, 1.54) is 12.3 Å². The summed E-state index contributed by atoms with van der Waals surface area (Å²) in [4.78, 5) is 26.3. The fourth-order valence-electron chi connectivity index (χ4n) is 1.30. The molecule has 5 nitrogen and oxygen atoms in total. The summed E-state index contributed by atoms with van der Waals surface area (Å²) in [6.07, 6.45) is 3.35. The first-order valence-corrected chi connectivity index (χ1v) is 5.79. The Morgan fingerprint density at radius 1 is 1.33 bits per heavy atom. The Labute approximate surface area is 105 Å². The van der Waals surface area contributed by atoms with Crippen molar-refractivity contribution in [2.75, 3.05) is 13.1 Å². The van der Waals surface area contributed by atoms with Gasteiger partial charge in [-0.15, -0.1) is 0 Å². The molecule has 1 aromatic rings. The van der Waals surface area contributed by atoms with Gasteiger partial charge in [-0.1, -0.05) is 6.92 Å². The summed E-state index contributed by atoms with van der Waals surface area (Å²) < 4.78 is 13.2. The standard InChI is InChI=1S/C12H16FN3O2/c1-2-5-15-11(17)4-7-16-12(18)9-3-6-14-8-10(9)13/h3,6,8H,2,4-5,7H2,1H3,(H,15,17)(H,16,18). The average molecular weight is 253 g/mol. The number of hydrogen-bond donors (Lipinski definition) is 2.